The van der Waals surface area contributed by atoms with Gasteiger partial charge in [0.05, 0.1) is 6.54 Å². The molecule has 0 unspecified atom stereocenters. The maximum atomic E-state index is 10.6. The van der Waals surface area contributed by atoms with Crippen molar-refractivity contribution < 1.29 is 9.90 Å². The minimum Gasteiger partial charge on any atom is -0.480 e. The highest BCUT2D eigenvalue weighted by molar-refractivity contribution is 5.69. The molecule has 0 aromatic heterocycles. The molecule has 0 aliphatic heterocycles. The van der Waals surface area contributed by atoms with Crippen LogP contribution in [-0.4, -0.2) is 61.2 Å². The highest BCUT2D eigenvalue weighted by Crippen LogP contribution is 1.99. The van der Waals surface area contributed by atoms with Crippen LogP contribution in [-0.2, 0) is 4.79 Å². The van der Waals surface area contributed by atoms with Gasteiger partial charge in [-0.25, -0.2) is 0 Å². The van der Waals surface area contributed by atoms with Crippen LogP contribution in [0.4, 0.5) is 0 Å². The van der Waals surface area contributed by atoms with Gasteiger partial charge in [-0.05, 0) is 27.4 Å². The number of hydrogen-bond donors (Lipinski definition) is 1. The van der Waals surface area contributed by atoms with Gasteiger partial charge >= 0.3 is 5.97 Å². The van der Waals surface area contributed by atoms with Gasteiger partial charge in [-0.15, -0.1) is 6.58 Å². The van der Waals surface area contributed by atoms with Gasteiger partial charge in [0.15, 0.2) is 0 Å². The fourth-order valence-corrected chi connectivity index (χ4v) is 1.15. The summed E-state index contributed by atoms with van der Waals surface area (Å²) in [6.07, 6.45) is 0.862. The summed E-state index contributed by atoms with van der Waals surface area (Å²) in [6, 6.07) is 0. The minimum atomic E-state index is -0.768. The van der Waals surface area contributed by atoms with Gasteiger partial charge in [-0.2, -0.15) is 0 Å². The average Bonchev–Trinajstić information content (AvgIpc) is 2.08. The number of carbonyl (C=O) groups is 1. The molecular weight excluding hydrogens is 192 g/mol. The van der Waals surface area contributed by atoms with Crippen LogP contribution in [0.25, 0.3) is 0 Å². The summed E-state index contributed by atoms with van der Waals surface area (Å²) in [5, 5.41) is 8.74. The number of aliphatic carboxylic acids is 1. The lowest BCUT2D eigenvalue weighted by atomic mass is 10.2. The third-order valence-corrected chi connectivity index (χ3v) is 2.08. The predicted molar refractivity (Wildman–Crippen MR) is 62.1 cm³/mol. The first-order valence-electron chi connectivity index (χ1n) is 5.15. The van der Waals surface area contributed by atoms with Crippen molar-refractivity contribution in [3.8, 4) is 0 Å². The first-order valence-corrected chi connectivity index (χ1v) is 5.15. The second kappa shape index (κ2) is 7.43. The van der Waals surface area contributed by atoms with Crippen LogP contribution in [0.1, 0.15) is 13.3 Å². The Kier molecular flexibility index (Phi) is 6.99. The number of nitrogens with zero attached hydrogens (tertiary/aromatic N) is 2. The number of carboxylic acids is 1. The highest BCUT2D eigenvalue weighted by atomic mass is 16.4. The van der Waals surface area contributed by atoms with E-state index in [0.29, 0.717) is 0 Å². The van der Waals surface area contributed by atoms with E-state index in [0.717, 1.165) is 31.6 Å². The molecule has 0 saturated heterocycles. The van der Waals surface area contributed by atoms with Crippen molar-refractivity contribution in [1.29, 1.82) is 0 Å². The van der Waals surface area contributed by atoms with Gasteiger partial charge in [0.2, 0.25) is 0 Å². The molecule has 0 atom stereocenters. The molecule has 4 nitrogen and oxygen atoms in total. The van der Waals surface area contributed by atoms with Gasteiger partial charge in [0.25, 0.3) is 0 Å². The van der Waals surface area contributed by atoms with Crippen molar-refractivity contribution in [3.05, 3.63) is 12.2 Å². The van der Waals surface area contributed by atoms with Crippen molar-refractivity contribution in [2.24, 2.45) is 0 Å². The van der Waals surface area contributed by atoms with Crippen molar-refractivity contribution in [1.82, 2.24) is 9.80 Å². The Balaban J connectivity index is 3.94. The first kappa shape index (κ1) is 14.1. The topological polar surface area (TPSA) is 43.8 Å². The van der Waals surface area contributed by atoms with Crippen molar-refractivity contribution in [2.75, 3.05) is 40.3 Å². The fraction of sp³-hybridized carbons (Fsp3) is 0.727. The number of likely N-dealkylation sites (N-methyl/N-ethyl adjacent to an activating group) is 1. The summed E-state index contributed by atoms with van der Waals surface area (Å²) in [7, 11) is 3.97. The van der Waals surface area contributed by atoms with Crippen LogP contribution < -0.4 is 0 Å². The molecule has 4 heteroatoms. The smallest absolute Gasteiger partial charge is 0.317 e. The van der Waals surface area contributed by atoms with Crippen LogP contribution in [0, 0.1) is 0 Å². The van der Waals surface area contributed by atoms with Crippen LogP contribution in [0.15, 0.2) is 12.2 Å². The van der Waals surface area contributed by atoms with Gasteiger partial charge < -0.3 is 10.0 Å². The van der Waals surface area contributed by atoms with E-state index < -0.39 is 5.97 Å². The zero-order valence-corrected chi connectivity index (χ0v) is 9.99. The Morgan fingerprint density at radius 1 is 1.27 bits per heavy atom. The summed E-state index contributed by atoms with van der Waals surface area (Å²) in [4.78, 5) is 14.6. The van der Waals surface area contributed by atoms with Crippen molar-refractivity contribution >= 4 is 5.97 Å². The molecule has 0 radical (unpaired) electrons. The molecule has 0 saturated carbocycles. The molecular formula is C11H22N2O2. The van der Waals surface area contributed by atoms with Crippen LogP contribution >= 0.6 is 0 Å². The van der Waals surface area contributed by atoms with Crippen molar-refractivity contribution in [2.45, 2.75) is 13.3 Å². The fourth-order valence-electron chi connectivity index (χ4n) is 1.15. The third-order valence-electron chi connectivity index (χ3n) is 2.08. The molecule has 0 aromatic rings. The Morgan fingerprint density at radius 2 is 1.87 bits per heavy atom. The molecule has 0 aliphatic rings. The quantitative estimate of drug-likeness (QED) is 0.610. The zero-order chi connectivity index (χ0) is 11.8. The second-order valence-electron chi connectivity index (χ2n) is 4.18. The van der Waals surface area contributed by atoms with Gasteiger partial charge in [-0.1, -0.05) is 5.57 Å². The number of hydrogen-bond acceptors (Lipinski definition) is 3. The van der Waals surface area contributed by atoms with Crippen LogP contribution in [0.3, 0.4) is 0 Å². The molecule has 0 bridgehead atoms. The van der Waals surface area contributed by atoms with E-state index in [9.17, 15) is 4.79 Å². The Labute approximate surface area is 92.2 Å². The molecule has 15 heavy (non-hydrogen) atoms. The lowest BCUT2D eigenvalue weighted by Crippen LogP contribution is -2.36. The molecule has 0 spiro atoms. The predicted octanol–water partition coefficient (Wildman–Crippen LogP) is 0.901. The molecule has 0 amide bonds. The molecule has 0 aromatic carbocycles. The third kappa shape index (κ3) is 9.43. The molecule has 0 heterocycles. The van der Waals surface area contributed by atoms with Gasteiger partial charge in [-0.3, -0.25) is 9.69 Å². The maximum Gasteiger partial charge on any atom is 0.317 e. The van der Waals surface area contributed by atoms with E-state index in [4.69, 9.17) is 5.11 Å². The van der Waals surface area contributed by atoms with Gasteiger partial charge in [0.1, 0.15) is 0 Å². The first-order chi connectivity index (χ1) is 6.91. The summed E-state index contributed by atoms with van der Waals surface area (Å²) < 4.78 is 0. The Bertz CT molecular complexity index is 215. The lowest BCUT2D eigenvalue weighted by Gasteiger charge is -2.22. The Morgan fingerprint density at radius 3 is 2.27 bits per heavy atom. The SMILES string of the molecule is C=C(C)CCN(CCN(C)C)CC(=O)O. The van der Waals surface area contributed by atoms with Crippen LogP contribution in [0.5, 0.6) is 0 Å². The van der Waals surface area contributed by atoms with E-state index in [2.05, 4.69) is 11.5 Å². The van der Waals surface area contributed by atoms with E-state index in [1.807, 2.05) is 25.9 Å². The minimum absolute atomic E-state index is 0.112. The highest BCUT2D eigenvalue weighted by Gasteiger charge is 2.09. The monoisotopic (exact) mass is 214 g/mol. The Hall–Kier alpha value is -0.870. The van der Waals surface area contributed by atoms with Gasteiger partial charge in [0, 0.05) is 19.6 Å². The summed E-state index contributed by atoms with van der Waals surface area (Å²) in [5.74, 6) is -0.768. The largest absolute Gasteiger partial charge is 0.480 e. The molecule has 88 valence electrons. The van der Waals surface area contributed by atoms with Crippen LogP contribution in [0.2, 0.25) is 0 Å². The molecule has 1 N–H and O–H groups in total. The number of rotatable bonds is 8. The zero-order valence-electron chi connectivity index (χ0n) is 9.99. The van der Waals surface area contributed by atoms with E-state index >= 15 is 0 Å². The van der Waals surface area contributed by atoms with E-state index in [1.54, 1.807) is 0 Å². The number of carboxylic acid groups (broad SMARTS) is 1. The van der Waals surface area contributed by atoms with E-state index in [-0.39, 0.29) is 6.54 Å². The summed E-state index contributed by atoms with van der Waals surface area (Å²) >= 11 is 0. The summed E-state index contributed by atoms with van der Waals surface area (Å²) in [5.41, 5.74) is 1.09. The standard InChI is InChI=1S/C11H22N2O2/c1-10(2)5-6-13(9-11(14)15)8-7-12(3)4/h1,5-9H2,2-4H3,(H,14,15). The summed E-state index contributed by atoms with van der Waals surface area (Å²) in [6.45, 7) is 8.33. The molecule has 0 fully saturated rings. The molecule has 0 aliphatic carbocycles. The molecule has 0 rings (SSSR count). The normalized spacial score (nSPS) is 11.0. The van der Waals surface area contributed by atoms with Crippen molar-refractivity contribution in [3.63, 3.8) is 0 Å². The average molecular weight is 214 g/mol. The maximum absolute atomic E-state index is 10.6. The second-order valence-corrected chi connectivity index (χ2v) is 4.18. The lowest BCUT2D eigenvalue weighted by molar-refractivity contribution is -0.138. The van der Waals surface area contributed by atoms with E-state index in [1.165, 1.54) is 0 Å².